The number of ether oxygens (including phenoxy) is 2. The molecule has 2 aromatic heterocycles. The van der Waals surface area contributed by atoms with Gasteiger partial charge in [0.25, 0.3) is 0 Å². The van der Waals surface area contributed by atoms with Crippen molar-refractivity contribution in [2.45, 2.75) is 20.5 Å². The minimum absolute atomic E-state index is 0.147. The van der Waals surface area contributed by atoms with Crippen molar-refractivity contribution in [3.63, 3.8) is 0 Å². The molecule has 1 aromatic carbocycles. The second kappa shape index (κ2) is 8.71. The number of amides is 1. The zero-order chi connectivity index (χ0) is 20.1. The van der Waals surface area contributed by atoms with Crippen LogP contribution in [0.5, 0.6) is 5.75 Å². The van der Waals surface area contributed by atoms with Gasteiger partial charge in [-0.05, 0) is 49.7 Å². The highest BCUT2D eigenvalue weighted by atomic mass is 32.1. The summed E-state index contributed by atoms with van der Waals surface area (Å²) in [4.78, 5) is 17.2. The van der Waals surface area contributed by atoms with Gasteiger partial charge in [-0.25, -0.2) is 9.78 Å². The van der Waals surface area contributed by atoms with E-state index in [9.17, 15) is 4.79 Å². The van der Waals surface area contributed by atoms with Crippen LogP contribution in [0.2, 0.25) is 0 Å². The highest BCUT2D eigenvalue weighted by Crippen LogP contribution is 2.30. The number of aromatic nitrogens is 3. The van der Waals surface area contributed by atoms with Gasteiger partial charge in [0, 0.05) is 24.0 Å². The fourth-order valence-electron chi connectivity index (χ4n) is 2.59. The number of aryl methyl sites for hydroxylation is 1. The molecule has 7 nitrogen and oxygen atoms in total. The summed E-state index contributed by atoms with van der Waals surface area (Å²) >= 11 is 1.29. The number of methoxy groups -OCH3 is 1. The largest absolute Gasteiger partial charge is 0.496 e. The third kappa shape index (κ3) is 4.58. The number of rotatable bonds is 6. The maximum atomic E-state index is 12.0. The first kappa shape index (κ1) is 19.6. The number of benzene rings is 1. The summed E-state index contributed by atoms with van der Waals surface area (Å²) in [7, 11) is 3.55. The second-order valence-corrected chi connectivity index (χ2v) is 7.12. The van der Waals surface area contributed by atoms with Crippen molar-refractivity contribution in [1.82, 2.24) is 19.2 Å². The number of nitrogens with one attached hydrogen (secondary N) is 1. The molecule has 0 atom stereocenters. The van der Waals surface area contributed by atoms with Crippen molar-refractivity contribution in [2.75, 3.05) is 7.11 Å². The van der Waals surface area contributed by atoms with Gasteiger partial charge in [-0.2, -0.15) is 4.37 Å². The van der Waals surface area contributed by atoms with E-state index >= 15 is 0 Å². The number of imidazole rings is 1. The maximum Gasteiger partial charge on any atom is 0.411 e. The number of carbonyl (C=O) groups excluding carboxylic acids is 1. The van der Waals surface area contributed by atoms with E-state index in [0.29, 0.717) is 5.70 Å². The number of hydrogen-bond acceptors (Lipinski definition) is 6. The first-order valence-electron chi connectivity index (χ1n) is 8.67. The minimum Gasteiger partial charge on any atom is -0.496 e. The lowest BCUT2D eigenvalue weighted by Crippen LogP contribution is -2.22. The van der Waals surface area contributed by atoms with Crippen molar-refractivity contribution < 1.29 is 14.3 Å². The third-order valence-electron chi connectivity index (χ3n) is 4.21. The molecule has 3 rings (SSSR count). The lowest BCUT2D eigenvalue weighted by Gasteiger charge is -2.06. The highest BCUT2D eigenvalue weighted by Gasteiger charge is 2.11. The highest BCUT2D eigenvalue weighted by molar-refractivity contribution is 7.06. The molecular formula is C20H22N4O3S. The van der Waals surface area contributed by atoms with Crippen LogP contribution in [0.15, 0.2) is 42.4 Å². The van der Waals surface area contributed by atoms with Crippen LogP contribution in [0.25, 0.3) is 17.3 Å². The van der Waals surface area contributed by atoms with E-state index in [-0.39, 0.29) is 6.61 Å². The molecule has 3 aromatic rings. The van der Waals surface area contributed by atoms with E-state index in [1.54, 1.807) is 20.4 Å². The van der Waals surface area contributed by atoms with E-state index in [1.807, 2.05) is 54.9 Å². The predicted octanol–water partition coefficient (Wildman–Crippen LogP) is 4.15. The van der Waals surface area contributed by atoms with Crippen LogP contribution in [-0.4, -0.2) is 27.1 Å². The summed E-state index contributed by atoms with van der Waals surface area (Å²) in [5.41, 5.74) is 4.18. The Hall–Kier alpha value is -3.13. The Bertz CT molecular complexity index is 1010. The van der Waals surface area contributed by atoms with E-state index < -0.39 is 6.09 Å². The monoisotopic (exact) mass is 398 g/mol. The number of nitrogens with zero attached hydrogens (tertiary/aromatic N) is 3. The van der Waals surface area contributed by atoms with Crippen LogP contribution in [-0.2, 0) is 18.4 Å². The smallest absolute Gasteiger partial charge is 0.411 e. The number of hydrogen-bond donors (Lipinski definition) is 1. The predicted molar refractivity (Wildman–Crippen MR) is 109 cm³/mol. The molecule has 0 saturated carbocycles. The lowest BCUT2D eigenvalue weighted by atomic mass is 10.1. The fraction of sp³-hybridized carbons (Fsp3) is 0.250. The minimum atomic E-state index is -0.519. The Morgan fingerprint density at radius 3 is 2.86 bits per heavy atom. The molecule has 28 heavy (non-hydrogen) atoms. The van der Waals surface area contributed by atoms with E-state index in [4.69, 9.17) is 9.47 Å². The number of allylic oxidation sites excluding steroid dienone is 1. The van der Waals surface area contributed by atoms with Gasteiger partial charge in [-0.1, -0.05) is 12.1 Å². The normalized spacial score (nSPS) is 11.4. The Morgan fingerprint density at radius 2 is 2.14 bits per heavy atom. The molecule has 1 amide bonds. The van der Waals surface area contributed by atoms with Gasteiger partial charge >= 0.3 is 6.09 Å². The molecular weight excluding hydrogens is 376 g/mol. The SMILES string of the molecule is COc1ccccc1-c1cc(COC(=O)N/C(C)=C/c2ncn(C)c2C)sn1. The van der Waals surface area contributed by atoms with Crippen molar-refractivity contribution in [2.24, 2.45) is 7.05 Å². The molecule has 0 bridgehead atoms. The Kier molecular flexibility index (Phi) is 6.10. The van der Waals surface area contributed by atoms with E-state index in [2.05, 4.69) is 14.7 Å². The summed E-state index contributed by atoms with van der Waals surface area (Å²) in [6.07, 6.45) is 3.02. The maximum absolute atomic E-state index is 12.0. The molecule has 0 aliphatic heterocycles. The molecule has 2 heterocycles. The average Bonchev–Trinajstić information content (AvgIpc) is 3.28. The zero-order valence-corrected chi connectivity index (χ0v) is 17.0. The van der Waals surface area contributed by atoms with Gasteiger partial charge in [-0.15, -0.1) is 0 Å². The van der Waals surface area contributed by atoms with Crippen LogP contribution >= 0.6 is 11.5 Å². The van der Waals surface area contributed by atoms with Crippen LogP contribution in [0, 0.1) is 6.92 Å². The molecule has 0 fully saturated rings. The topological polar surface area (TPSA) is 78.3 Å². The average molecular weight is 398 g/mol. The molecule has 1 N–H and O–H groups in total. The molecule has 8 heteroatoms. The van der Waals surface area contributed by atoms with Crippen molar-refractivity contribution in [3.05, 3.63) is 58.6 Å². The van der Waals surface area contributed by atoms with Gasteiger partial charge in [-0.3, -0.25) is 5.32 Å². The number of alkyl carbamates (subject to hydrolysis) is 1. The Labute approximate surface area is 167 Å². The Morgan fingerprint density at radius 1 is 1.36 bits per heavy atom. The molecule has 0 radical (unpaired) electrons. The summed E-state index contributed by atoms with van der Waals surface area (Å²) in [6, 6.07) is 9.57. The number of carbonyl (C=O) groups is 1. The molecule has 0 saturated heterocycles. The van der Waals surface area contributed by atoms with E-state index in [0.717, 1.165) is 33.3 Å². The van der Waals surface area contributed by atoms with Crippen LogP contribution in [0.3, 0.4) is 0 Å². The van der Waals surface area contributed by atoms with Crippen LogP contribution in [0.1, 0.15) is 23.2 Å². The van der Waals surface area contributed by atoms with Crippen LogP contribution < -0.4 is 10.1 Å². The molecule has 0 aliphatic carbocycles. The van der Waals surface area contributed by atoms with Gasteiger partial charge in [0.1, 0.15) is 12.4 Å². The third-order valence-corrected chi connectivity index (χ3v) is 4.97. The second-order valence-electron chi connectivity index (χ2n) is 6.23. The quantitative estimate of drug-likeness (QED) is 0.675. The summed E-state index contributed by atoms with van der Waals surface area (Å²) in [6.45, 7) is 3.91. The van der Waals surface area contributed by atoms with Gasteiger partial charge in [0.15, 0.2) is 0 Å². The fourth-order valence-corrected chi connectivity index (χ4v) is 3.23. The van der Waals surface area contributed by atoms with E-state index in [1.165, 1.54) is 11.5 Å². The summed E-state index contributed by atoms with van der Waals surface area (Å²) in [5.74, 6) is 0.753. The van der Waals surface area contributed by atoms with Gasteiger partial charge in [0.2, 0.25) is 0 Å². The lowest BCUT2D eigenvalue weighted by molar-refractivity contribution is 0.143. The first-order chi connectivity index (χ1) is 13.5. The first-order valence-corrected chi connectivity index (χ1v) is 9.44. The molecule has 0 unspecified atom stereocenters. The molecule has 0 spiro atoms. The zero-order valence-electron chi connectivity index (χ0n) is 16.2. The van der Waals surface area contributed by atoms with Crippen molar-refractivity contribution in [1.29, 1.82) is 0 Å². The van der Waals surface area contributed by atoms with Crippen molar-refractivity contribution >= 4 is 23.7 Å². The number of para-hydroxylation sites is 1. The summed E-state index contributed by atoms with van der Waals surface area (Å²) < 4.78 is 17.0. The molecule has 146 valence electrons. The van der Waals surface area contributed by atoms with Crippen LogP contribution in [0.4, 0.5) is 4.79 Å². The Balaban J connectivity index is 1.58. The van der Waals surface area contributed by atoms with Gasteiger partial charge < -0.3 is 14.0 Å². The standard InChI is InChI=1S/C20H22N4O3S/c1-13(9-17-14(2)24(3)12-21-17)22-20(25)27-11-15-10-18(23-28-15)16-7-5-6-8-19(16)26-4/h5-10,12H,11H2,1-4H3,(H,22,25)/b13-9+. The molecule has 0 aliphatic rings. The van der Waals surface area contributed by atoms with Gasteiger partial charge in [0.05, 0.1) is 29.7 Å². The van der Waals surface area contributed by atoms with Crippen molar-refractivity contribution in [3.8, 4) is 17.0 Å². The summed E-state index contributed by atoms with van der Waals surface area (Å²) in [5, 5.41) is 2.71.